The van der Waals surface area contributed by atoms with Crippen molar-refractivity contribution in [2.24, 2.45) is 17.7 Å². The van der Waals surface area contributed by atoms with Gasteiger partial charge in [-0.3, -0.25) is 16.0 Å². The summed E-state index contributed by atoms with van der Waals surface area (Å²) in [5, 5.41) is 5.01. The first-order chi connectivity index (χ1) is 9.19. The molecule has 1 aliphatic rings. The smallest absolute Gasteiger partial charge is 0.0834 e. The molecule has 19 heavy (non-hydrogen) atoms. The van der Waals surface area contributed by atoms with Gasteiger partial charge in [0.05, 0.1) is 36.1 Å². The second kappa shape index (κ2) is 6.70. The molecule has 6 heteroatoms. The van der Waals surface area contributed by atoms with E-state index in [0.717, 1.165) is 5.69 Å². The number of nitrogens with one attached hydrogen (secondary N) is 1. The van der Waals surface area contributed by atoms with E-state index in [-0.39, 0.29) is 6.04 Å². The molecule has 5 nitrogen and oxygen atoms in total. The van der Waals surface area contributed by atoms with Gasteiger partial charge in [-0.05, 0) is 18.3 Å². The van der Waals surface area contributed by atoms with Crippen LogP contribution in [0, 0.1) is 11.8 Å². The van der Waals surface area contributed by atoms with E-state index in [1.165, 1.54) is 19.3 Å². The molecule has 1 fully saturated rings. The normalized spacial score (nSPS) is 24.8. The predicted molar refractivity (Wildman–Crippen MR) is 75.7 cm³/mol. The molecule has 1 aromatic rings. The Bertz CT molecular complexity index is 409. The Morgan fingerprint density at radius 2 is 2.42 bits per heavy atom. The highest BCUT2D eigenvalue weighted by Crippen LogP contribution is 2.41. The standard InChI is InChI=1S/C13H23ClN4O/c1-9-4-3-5-10(9)12(17-15)13-11(14)8-16-18(13)6-7-19-2/h8-10,12,17H,3-7,15H2,1-2H3. The lowest BCUT2D eigenvalue weighted by molar-refractivity contribution is 0.179. The number of ether oxygens (including phenoxy) is 1. The van der Waals surface area contributed by atoms with Crippen LogP contribution in [0.3, 0.4) is 0 Å². The van der Waals surface area contributed by atoms with Gasteiger partial charge in [-0.1, -0.05) is 31.4 Å². The number of hydrazine groups is 1. The van der Waals surface area contributed by atoms with Crippen LogP contribution in [0.2, 0.25) is 5.02 Å². The van der Waals surface area contributed by atoms with Crippen molar-refractivity contribution in [2.45, 2.75) is 38.8 Å². The molecular formula is C13H23ClN4O. The van der Waals surface area contributed by atoms with Crippen LogP contribution in [-0.4, -0.2) is 23.5 Å². The fourth-order valence-corrected chi connectivity index (χ4v) is 3.37. The third kappa shape index (κ3) is 3.11. The maximum atomic E-state index is 6.30. The Labute approximate surface area is 119 Å². The number of rotatable bonds is 6. The summed E-state index contributed by atoms with van der Waals surface area (Å²) in [7, 11) is 1.68. The molecule has 1 saturated carbocycles. The van der Waals surface area contributed by atoms with Crippen LogP contribution in [0.25, 0.3) is 0 Å². The Morgan fingerprint density at radius 1 is 1.63 bits per heavy atom. The van der Waals surface area contributed by atoms with Crippen LogP contribution in [0.1, 0.15) is 37.9 Å². The van der Waals surface area contributed by atoms with Gasteiger partial charge in [0, 0.05) is 7.11 Å². The van der Waals surface area contributed by atoms with E-state index < -0.39 is 0 Å². The largest absolute Gasteiger partial charge is 0.383 e. The molecule has 0 aromatic carbocycles. The molecule has 3 atom stereocenters. The van der Waals surface area contributed by atoms with Gasteiger partial charge in [0.1, 0.15) is 0 Å². The highest BCUT2D eigenvalue weighted by molar-refractivity contribution is 6.31. The highest BCUT2D eigenvalue weighted by atomic mass is 35.5. The minimum atomic E-state index is 0.0596. The van der Waals surface area contributed by atoms with E-state index in [1.807, 2.05) is 4.68 Å². The van der Waals surface area contributed by atoms with Gasteiger partial charge in [0.15, 0.2) is 0 Å². The van der Waals surface area contributed by atoms with Crippen LogP contribution in [-0.2, 0) is 11.3 Å². The van der Waals surface area contributed by atoms with Gasteiger partial charge in [0.25, 0.3) is 0 Å². The van der Waals surface area contributed by atoms with E-state index in [2.05, 4.69) is 17.4 Å². The first-order valence-corrected chi connectivity index (χ1v) is 7.23. The number of hydrogen-bond acceptors (Lipinski definition) is 4. The summed E-state index contributed by atoms with van der Waals surface area (Å²) in [6.07, 6.45) is 5.39. The monoisotopic (exact) mass is 286 g/mol. The lowest BCUT2D eigenvalue weighted by Crippen LogP contribution is -2.36. The van der Waals surface area contributed by atoms with Crippen molar-refractivity contribution in [1.29, 1.82) is 0 Å². The van der Waals surface area contributed by atoms with Gasteiger partial charge < -0.3 is 4.74 Å². The molecule has 2 rings (SSSR count). The molecular weight excluding hydrogens is 264 g/mol. The van der Waals surface area contributed by atoms with E-state index in [0.29, 0.717) is 30.0 Å². The summed E-state index contributed by atoms with van der Waals surface area (Å²) in [5.74, 6) is 6.96. The van der Waals surface area contributed by atoms with Gasteiger partial charge in [-0.2, -0.15) is 5.10 Å². The van der Waals surface area contributed by atoms with Gasteiger partial charge in [-0.25, -0.2) is 0 Å². The van der Waals surface area contributed by atoms with Crippen LogP contribution in [0.4, 0.5) is 0 Å². The van der Waals surface area contributed by atoms with Gasteiger partial charge in [0.2, 0.25) is 0 Å². The minimum absolute atomic E-state index is 0.0596. The Hall–Kier alpha value is -0.620. The molecule has 1 aromatic heterocycles. The van der Waals surface area contributed by atoms with Gasteiger partial charge in [-0.15, -0.1) is 0 Å². The van der Waals surface area contributed by atoms with Crippen molar-refractivity contribution in [3.8, 4) is 0 Å². The van der Waals surface area contributed by atoms with E-state index in [4.69, 9.17) is 22.2 Å². The molecule has 108 valence electrons. The summed E-state index contributed by atoms with van der Waals surface area (Å²) in [5.41, 5.74) is 3.93. The van der Waals surface area contributed by atoms with Crippen molar-refractivity contribution in [3.05, 3.63) is 16.9 Å². The van der Waals surface area contributed by atoms with Crippen molar-refractivity contribution >= 4 is 11.6 Å². The van der Waals surface area contributed by atoms with Crippen molar-refractivity contribution < 1.29 is 4.74 Å². The Kier molecular flexibility index (Phi) is 5.21. The maximum absolute atomic E-state index is 6.30. The molecule has 1 heterocycles. The quantitative estimate of drug-likeness (QED) is 0.621. The minimum Gasteiger partial charge on any atom is -0.383 e. The molecule has 1 aliphatic carbocycles. The molecule has 0 saturated heterocycles. The summed E-state index contributed by atoms with van der Waals surface area (Å²) >= 11 is 6.30. The lowest BCUT2D eigenvalue weighted by atomic mass is 9.88. The maximum Gasteiger partial charge on any atom is 0.0834 e. The number of nitrogens with zero attached hydrogens (tertiary/aromatic N) is 2. The Balaban J connectivity index is 2.24. The van der Waals surface area contributed by atoms with E-state index >= 15 is 0 Å². The lowest BCUT2D eigenvalue weighted by Gasteiger charge is -2.27. The summed E-state index contributed by atoms with van der Waals surface area (Å²) in [6.45, 7) is 3.59. The molecule has 0 spiro atoms. The number of halogens is 1. The molecule has 0 bridgehead atoms. The highest BCUT2D eigenvalue weighted by Gasteiger charge is 2.34. The van der Waals surface area contributed by atoms with E-state index in [9.17, 15) is 0 Å². The number of hydrogen-bond donors (Lipinski definition) is 2. The van der Waals surface area contributed by atoms with E-state index in [1.54, 1.807) is 13.3 Å². The van der Waals surface area contributed by atoms with Crippen LogP contribution in [0.5, 0.6) is 0 Å². The molecule has 3 N–H and O–H groups in total. The zero-order chi connectivity index (χ0) is 13.8. The fourth-order valence-electron chi connectivity index (χ4n) is 3.11. The van der Waals surface area contributed by atoms with Gasteiger partial charge >= 0.3 is 0 Å². The predicted octanol–water partition coefficient (Wildman–Crippen LogP) is 2.12. The average Bonchev–Trinajstić information content (AvgIpc) is 2.97. The fraction of sp³-hybridized carbons (Fsp3) is 0.769. The van der Waals surface area contributed by atoms with Crippen LogP contribution >= 0.6 is 11.6 Å². The Morgan fingerprint density at radius 3 is 3.00 bits per heavy atom. The van der Waals surface area contributed by atoms with Crippen LogP contribution in [0.15, 0.2) is 6.20 Å². The summed E-state index contributed by atoms with van der Waals surface area (Å²) in [4.78, 5) is 0. The number of aromatic nitrogens is 2. The summed E-state index contributed by atoms with van der Waals surface area (Å²) < 4.78 is 7.02. The third-order valence-corrected chi connectivity index (χ3v) is 4.46. The van der Waals surface area contributed by atoms with Crippen molar-refractivity contribution in [1.82, 2.24) is 15.2 Å². The molecule has 0 aliphatic heterocycles. The zero-order valence-corrected chi connectivity index (χ0v) is 12.4. The second-order valence-electron chi connectivity index (χ2n) is 5.31. The molecule has 0 amide bonds. The number of methoxy groups -OCH3 is 1. The second-order valence-corrected chi connectivity index (χ2v) is 5.72. The molecule has 3 unspecified atom stereocenters. The molecule has 0 radical (unpaired) electrons. The van der Waals surface area contributed by atoms with Crippen molar-refractivity contribution in [3.63, 3.8) is 0 Å². The zero-order valence-electron chi connectivity index (χ0n) is 11.6. The number of nitrogens with two attached hydrogens (primary N) is 1. The first-order valence-electron chi connectivity index (χ1n) is 6.85. The third-order valence-electron chi connectivity index (χ3n) is 4.17. The van der Waals surface area contributed by atoms with Crippen molar-refractivity contribution in [2.75, 3.05) is 13.7 Å². The first kappa shape index (κ1) is 14.8. The SMILES string of the molecule is COCCn1ncc(Cl)c1C(NN)C1CCCC1C. The summed E-state index contributed by atoms with van der Waals surface area (Å²) in [6, 6.07) is 0.0596. The van der Waals surface area contributed by atoms with Crippen LogP contribution < -0.4 is 11.3 Å². The topological polar surface area (TPSA) is 65.1 Å². The average molecular weight is 287 g/mol.